The van der Waals surface area contributed by atoms with Crippen LogP contribution in [0.2, 0.25) is 0 Å². The minimum atomic E-state index is 0.0387. The van der Waals surface area contributed by atoms with Crippen molar-refractivity contribution in [2.75, 3.05) is 11.4 Å². The largest absolute Gasteiger partial charge is 0.425 e. The lowest BCUT2D eigenvalue weighted by Gasteiger charge is -2.08. The van der Waals surface area contributed by atoms with Gasteiger partial charge in [0.1, 0.15) is 5.69 Å². The van der Waals surface area contributed by atoms with Crippen molar-refractivity contribution in [1.82, 2.24) is 4.98 Å². The number of quaternary nitrogens is 1. The Labute approximate surface area is 107 Å². The molecule has 1 aromatic heterocycles. The van der Waals surface area contributed by atoms with Gasteiger partial charge < -0.3 is 0 Å². The summed E-state index contributed by atoms with van der Waals surface area (Å²) in [6.45, 7) is 2.63. The molecule has 3 rings (SSSR count). The summed E-state index contributed by atoms with van der Waals surface area (Å²) in [4.78, 5) is 18.0. The Bertz CT molecular complexity index is 626. The summed E-state index contributed by atoms with van der Waals surface area (Å²) >= 11 is 3.45. The summed E-state index contributed by atoms with van der Waals surface area (Å²) in [5.74, 6) is 0. The number of nitrogens with zero attached hydrogens (tertiary/aromatic N) is 2. The minimum absolute atomic E-state index is 0.0387. The number of rotatable bonds is 1. The second-order valence-corrected chi connectivity index (χ2v) is 4.86. The molecule has 0 atom stereocenters. The van der Waals surface area contributed by atoms with E-state index in [1.165, 1.54) is 0 Å². The van der Waals surface area contributed by atoms with Gasteiger partial charge in [0.2, 0.25) is 0 Å². The van der Waals surface area contributed by atoms with Gasteiger partial charge in [0, 0.05) is 11.0 Å². The van der Waals surface area contributed by atoms with E-state index in [0.29, 0.717) is 6.54 Å². The summed E-state index contributed by atoms with van der Waals surface area (Å²) in [5, 5.41) is 2.70. The zero-order valence-corrected chi connectivity index (χ0v) is 10.9. The van der Waals surface area contributed by atoms with E-state index in [4.69, 9.17) is 0 Å². The van der Waals surface area contributed by atoms with Gasteiger partial charge in [-0.05, 0) is 25.1 Å². The number of benzene rings is 1. The Morgan fingerprint density at radius 2 is 2.29 bits per heavy atom. The number of halogens is 1. The third-order valence-corrected chi connectivity index (χ3v) is 3.48. The molecule has 0 aliphatic carbocycles. The fourth-order valence-corrected chi connectivity index (χ4v) is 2.55. The van der Waals surface area contributed by atoms with Crippen molar-refractivity contribution in [2.45, 2.75) is 6.92 Å². The average Bonchev–Trinajstić information content (AvgIpc) is 2.65. The lowest BCUT2D eigenvalue weighted by Crippen LogP contribution is -2.82. The first-order valence-corrected chi connectivity index (χ1v) is 6.24. The third kappa shape index (κ3) is 1.54. The van der Waals surface area contributed by atoms with Crippen LogP contribution in [0, 0.1) is 0 Å². The second kappa shape index (κ2) is 3.78. The van der Waals surface area contributed by atoms with Crippen molar-refractivity contribution in [3.63, 3.8) is 0 Å². The number of anilines is 1. The zero-order chi connectivity index (χ0) is 12.0. The third-order valence-electron chi connectivity index (χ3n) is 2.99. The fourth-order valence-electron chi connectivity index (χ4n) is 2.19. The van der Waals surface area contributed by atoms with Gasteiger partial charge in [0.15, 0.2) is 5.69 Å². The number of fused-ring (bicyclic) bond motifs is 3. The van der Waals surface area contributed by atoms with Gasteiger partial charge in [-0.25, -0.2) is 10.1 Å². The van der Waals surface area contributed by atoms with Crippen molar-refractivity contribution in [3.8, 4) is 0 Å². The van der Waals surface area contributed by atoms with E-state index >= 15 is 0 Å². The molecule has 17 heavy (non-hydrogen) atoms. The predicted molar refractivity (Wildman–Crippen MR) is 69.4 cm³/mol. The molecule has 1 aromatic carbocycles. The highest BCUT2D eigenvalue weighted by Crippen LogP contribution is 2.33. The van der Waals surface area contributed by atoms with E-state index < -0.39 is 0 Å². The number of hydrogen-bond acceptors (Lipinski definition) is 2. The molecule has 2 N–H and O–H groups in total. The van der Waals surface area contributed by atoms with Gasteiger partial charge in [-0.2, -0.15) is 0 Å². The lowest BCUT2D eigenvalue weighted by atomic mass is 10.1. The Hall–Kier alpha value is -1.46. The van der Waals surface area contributed by atoms with Crippen LogP contribution < -0.4 is 10.2 Å². The topological polar surface area (TPSA) is 49.8 Å². The number of urea groups is 1. The quantitative estimate of drug-likeness (QED) is 0.876. The molecule has 0 bridgehead atoms. The maximum Gasteiger partial charge on any atom is 0.425 e. The maximum atomic E-state index is 11.8. The predicted octanol–water partition coefficient (Wildman–Crippen LogP) is 2.15. The van der Waals surface area contributed by atoms with Gasteiger partial charge in [-0.15, -0.1) is 0 Å². The Kier molecular flexibility index (Phi) is 2.38. The van der Waals surface area contributed by atoms with Crippen molar-refractivity contribution >= 4 is 44.2 Å². The molecule has 0 saturated carbocycles. The van der Waals surface area contributed by atoms with Gasteiger partial charge in [0.25, 0.3) is 0 Å². The molecule has 0 fully saturated rings. The summed E-state index contributed by atoms with van der Waals surface area (Å²) in [5.41, 5.74) is 2.79. The molecule has 2 heterocycles. The number of primary amides is 1. The molecule has 0 radical (unpaired) electrons. The number of carbonyl (C=O) groups is 1. The number of nitrogens with two attached hydrogens (primary N) is 1. The summed E-state index contributed by atoms with van der Waals surface area (Å²) < 4.78 is 0.996. The van der Waals surface area contributed by atoms with Crippen molar-refractivity contribution < 1.29 is 10.1 Å². The monoisotopic (exact) mass is 292 g/mol. The van der Waals surface area contributed by atoms with Crippen LogP contribution in [0.4, 0.5) is 16.2 Å². The van der Waals surface area contributed by atoms with Gasteiger partial charge in [-0.3, -0.25) is 9.88 Å². The smallest absolute Gasteiger partial charge is 0.254 e. The molecule has 1 aliphatic rings. The zero-order valence-electron chi connectivity index (χ0n) is 9.27. The van der Waals surface area contributed by atoms with Crippen LogP contribution in [0.1, 0.15) is 6.92 Å². The fraction of sp³-hybridized carbons (Fsp3) is 0.167. The Balaban J connectivity index is 2.31. The average molecular weight is 293 g/mol. The van der Waals surface area contributed by atoms with Crippen LogP contribution in [0.5, 0.6) is 0 Å². The Morgan fingerprint density at radius 3 is 3.06 bits per heavy atom. The molecule has 2 amide bonds. The van der Waals surface area contributed by atoms with Crippen molar-refractivity contribution in [1.29, 1.82) is 0 Å². The second-order valence-electron chi connectivity index (χ2n) is 3.95. The molecular weight excluding hydrogens is 282 g/mol. The van der Waals surface area contributed by atoms with Crippen LogP contribution >= 0.6 is 15.9 Å². The van der Waals surface area contributed by atoms with Crippen LogP contribution in [0.25, 0.3) is 10.9 Å². The molecule has 5 heteroatoms. The number of amides is 2. The van der Waals surface area contributed by atoms with Gasteiger partial charge in [0.05, 0.1) is 17.1 Å². The van der Waals surface area contributed by atoms with E-state index in [2.05, 4.69) is 20.9 Å². The summed E-state index contributed by atoms with van der Waals surface area (Å²) in [6.07, 6.45) is 1.77. The maximum absolute atomic E-state index is 11.8. The highest BCUT2D eigenvalue weighted by atomic mass is 79.9. The first-order chi connectivity index (χ1) is 8.20. The van der Waals surface area contributed by atoms with E-state index in [9.17, 15) is 4.79 Å². The summed E-state index contributed by atoms with van der Waals surface area (Å²) in [7, 11) is 0. The van der Waals surface area contributed by atoms with E-state index in [1.54, 1.807) is 16.4 Å². The molecule has 4 nitrogen and oxygen atoms in total. The SMILES string of the molecule is CCN1C(=O)[NH2+]c2c1cnc1ccc(Br)cc21. The highest BCUT2D eigenvalue weighted by molar-refractivity contribution is 9.10. The standard InChI is InChI=1S/C12H10BrN3O/c1-2-16-10-6-14-9-4-3-7(13)5-8(9)11(10)15-12(16)17/h3-6H,2H2,1H3,(H,15,17)/p+1. The number of carbonyl (C=O) groups excluding carboxylic acids is 1. The molecule has 0 spiro atoms. The molecule has 0 saturated heterocycles. The normalized spacial score (nSPS) is 14.5. The van der Waals surface area contributed by atoms with Crippen LogP contribution in [0.3, 0.4) is 0 Å². The van der Waals surface area contributed by atoms with E-state index in [-0.39, 0.29) is 6.03 Å². The molecule has 0 unspecified atom stereocenters. The minimum Gasteiger partial charge on any atom is -0.254 e. The number of pyridine rings is 1. The van der Waals surface area contributed by atoms with Crippen molar-refractivity contribution in [2.24, 2.45) is 0 Å². The molecule has 1 aliphatic heterocycles. The van der Waals surface area contributed by atoms with Crippen LogP contribution in [-0.2, 0) is 0 Å². The highest BCUT2D eigenvalue weighted by Gasteiger charge is 2.33. The van der Waals surface area contributed by atoms with Gasteiger partial charge >= 0.3 is 6.03 Å². The molecule has 86 valence electrons. The van der Waals surface area contributed by atoms with Crippen LogP contribution in [0.15, 0.2) is 28.9 Å². The lowest BCUT2D eigenvalue weighted by molar-refractivity contribution is -0.453. The van der Waals surface area contributed by atoms with Gasteiger partial charge in [-0.1, -0.05) is 15.9 Å². The molecular formula is C12H11BrN3O+. The van der Waals surface area contributed by atoms with Crippen molar-refractivity contribution in [3.05, 3.63) is 28.9 Å². The number of hydrogen-bond donors (Lipinski definition) is 1. The summed E-state index contributed by atoms with van der Waals surface area (Å²) in [6, 6.07) is 5.95. The first kappa shape index (κ1) is 10.7. The Morgan fingerprint density at radius 1 is 1.47 bits per heavy atom. The van der Waals surface area contributed by atoms with E-state index in [0.717, 1.165) is 26.8 Å². The van der Waals surface area contributed by atoms with Crippen LogP contribution in [-0.4, -0.2) is 17.6 Å². The number of aromatic nitrogens is 1. The molecule has 2 aromatic rings. The van der Waals surface area contributed by atoms with E-state index in [1.807, 2.05) is 25.1 Å². The first-order valence-electron chi connectivity index (χ1n) is 5.45.